The Kier molecular flexibility index (Phi) is 22.4. The van der Waals surface area contributed by atoms with Crippen LogP contribution in [0.15, 0.2) is 72.5 Å². The van der Waals surface area contributed by atoms with E-state index in [-0.39, 0.29) is 40.4 Å². The standard InChI is InChI=1S/C19H14Cl2N2O3.C6H5F.C2H6O.C2H6/c1-2-5-14(8-9-17(24)25)26-19-15(7-4-11-23)13(6-3-10-22)12-16(20)18(19)21;7-6-4-2-1-3-5-6;1-2-3;1-2/h2-8,12H,9H2,1H3,(H,24,25);1-5H;3H,2H2,1H3;1-2H3/b5-2-,6-3+,7-4+,14-8+;;;. The summed E-state index contributed by atoms with van der Waals surface area (Å²) in [5.41, 5.74) is 0.943. The fourth-order valence-electron chi connectivity index (χ4n) is 2.32. The van der Waals surface area contributed by atoms with Gasteiger partial charge in [-0.1, -0.05) is 61.3 Å². The molecule has 9 heteroatoms. The summed E-state index contributed by atoms with van der Waals surface area (Å²) in [6.07, 6.45) is 9.83. The molecular formula is C29H31Cl2FN2O4. The maximum Gasteiger partial charge on any atom is 0.307 e. The zero-order chi connectivity index (χ0) is 29.3. The van der Waals surface area contributed by atoms with Gasteiger partial charge in [0.2, 0.25) is 0 Å². The van der Waals surface area contributed by atoms with Crippen molar-refractivity contribution in [3.63, 3.8) is 0 Å². The number of ether oxygens (including phenoxy) is 1. The zero-order valence-electron chi connectivity index (χ0n) is 21.7. The van der Waals surface area contributed by atoms with Crippen molar-refractivity contribution >= 4 is 41.3 Å². The molecule has 0 aromatic heterocycles. The van der Waals surface area contributed by atoms with Gasteiger partial charge in [0, 0.05) is 24.3 Å². The van der Waals surface area contributed by atoms with Crippen molar-refractivity contribution in [2.24, 2.45) is 0 Å². The van der Waals surface area contributed by atoms with Gasteiger partial charge in [-0.15, -0.1) is 0 Å². The molecule has 0 spiro atoms. The molecule has 2 aromatic rings. The van der Waals surface area contributed by atoms with E-state index >= 15 is 0 Å². The second-order valence-electron chi connectivity index (χ2n) is 6.35. The Morgan fingerprint density at radius 1 is 1.11 bits per heavy atom. The van der Waals surface area contributed by atoms with Crippen LogP contribution in [-0.2, 0) is 4.79 Å². The van der Waals surface area contributed by atoms with E-state index in [0.29, 0.717) is 11.1 Å². The molecule has 2 rings (SSSR count). The van der Waals surface area contributed by atoms with Crippen molar-refractivity contribution < 1.29 is 24.1 Å². The second kappa shape index (κ2) is 23.5. The molecule has 2 N–H and O–H groups in total. The number of nitrogens with zero attached hydrogens (tertiary/aromatic N) is 2. The van der Waals surface area contributed by atoms with E-state index in [2.05, 4.69) is 0 Å². The van der Waals surface area contributed by atoms with Crippen LogP contribution in [0, 0.1) is 28.5 Å². The Hall–Kier alpha value is -3.88. The normalized spacial score (nSPS) is 10.3. The third-order valence-corrected chi connectivity index (χ3v) is 4.44. The summed E-state index contributed by atoms with van der Waals surface area (Å²) in [4.78, 5) is 10.8. The molecule has 0 unspecified atom stereocenters. The fourth-order valence-corrected chi connectivity index (χ4v) is 2.72. The number of rotatable bonds is 7. The number of carbonyl (C=O) groups is 1. The molecule has 0 saturated carbocycles. The number of hydrogen-bond acceptors (Lipinski definition) is 5. The lowest BCUT2D eigenvalue weighted by Gasteiger charge is -2.15. The summed E-state index contributed by atoms with van der Waals surface area (Å²) < 4.78 is 17.7. The molecule has 0 radical (unpaired) electrons. The van der Waals surface area contributed by atoms with Crippen LogP contribution in [0.1, 0.15) is 45.2 Å². The minimum atomic E-state index is -1.02. The SMILES string of the molecule is C/C=C\C(=C/CC(=O)O)Oc1c(Cl)c(Cl)cc(/C=C/C#N)c1/C=C/C#N.CC.CCO.Fc1ccccc1. The van der Waals surface area contributed by atoms with Gasteiger partial charge in [-0.25, -0.2) is 4.39 Å². The summed E-state index contributed by atoms with van der Waals surface area (Å²) in [5.74, 6) is -0.795. The van der Waals surface area contributed by atoms with Gasteiger partial charge in [0.15, 0.2) is 5.75 Å². The van der Waals surface area contributed by atoms with Crippen molar-refractivity contribution in [1.29, 1.82) is 10.5 Å². The van der Waals surface area contributed by atoms with Crippen LogP contribution in [0.5, 0.6) is 5.75 Å². The predicted molar refractivity (Wildman–Crippen MR) is 152 cm³/mol. The highest BCUT2D eigenvalue weighted by molar-refractivity contribution is 6.43. The van der Waals surface area contributed by atoms with Crippen LogP contribution in [0.3, 0.4) is 0 Å². The average Bonchev–Trinajstić information content (AvgIpc) is 2.90. The Labute approximate surface area is 233 Å². The van der Waals surface area contributed by atoms with Crippen LogP contribution in [0.2, 0.25) is 10.0 Å². The van der Waals surface area contributed by atoms with Gasteiger partial charge >= 0.3 is 5.97 Å². The lowest BCUT2D eigenvalue weighted by atomic mass is 10.0. The molecule has 0 heterocycles. The third-order valence-electron chi connectivity index (χ3n) is 3.67. The molecule has 0 atom stereocenters. The molecule has 0 saturated heterocycles. The molecule has 38 heavy (non-hydrogen) atoms. The maximum atomic E-state index is 11.9. The van der Waals surface area contributed by atoms with Crippen molar-refractivity contribution in [2.75, 3.05) is 6.61 Å². The zero-order valence-corrected chi connectivity index (χ0v) is 23.2. The van der Waals surface area contributed by atoms with Crippen molar-refractivity contribution in [3.05, 3.63) is 99.5 Å². The number of carboxylic acids is 1. The predicted octanol–water partition coefficient (Wildman–Crippen LogP) is 8.23. The highest BCUT2D eigenvalue weighted by Gasteiger charge is 2.16. The summed E-state index contributed by atoms with van der Waals surface area (Å²) in [7, 11) is 0. The lowest BCUT2D eigenvalue weighted by Crippen LogP contribution is -2.00. The molecule has 0 fully saturated rings. The largest absolute Gasteiger partial charge is 0.481 e. The Morgan fingerprint density at radius 2 is 1.66 bits per heavy atom. The molecule has 2 aromatic carbocycles. The Balaban J connectivity index is 0. The van der Waals surface area contributed by atoms with E-state index in [1.807, 2.05) is 26.0 Å². The summed E-state index contributed by atoms with van der Waals surface area (Å²) >= 11 is 12.4. The van der Waals surface area contributed by atoms with Crippen LogP contribution >= 0.6 is 23.2 Å². The number of allylic oxidation sites excluding steroid dienone is 4. The van der Waals surface area contributed by atoms with Gasteiger partial charge in [0.25, 0.3) is 0 Å². The highest BCUT2D eigenvalue weighted by atomic mass is 35.5. The van der Waals surface area contributed by atoms with Gasteiger partial charge in [-0.05, 0) is 61.9 Å². The molecule has 0 bridgehead atoms. The van der Waals surface area contributed by atoms with Gasteiger partial charge in [-0.3, -0.25) is 4.79 Å². The molecule has 0 aliphatic carbocycles. The maximum absolute atomic E-state index is 11.9. The number of carboxylic acid groups (broad SMARTS) is 1. The van der Waals surface area contributed by atoms with Gasteiger partial charge < -0.3 is 14.9 Å². The van der Waals surface area contributed by atoms with Crippen molar-refractivity contribution in [3.8, 4) is 17.9 Å². The number of hydrogen-bond donors (Lipinski definition) is 2. The topological polar surface area (TPSA) is 114 Å². The van der Waals surface area contributed by atoms with Gasteiger partial charge in [-0.2, -0.15) is 10.5 Å². The molecule has 0 aliphatic rings. The quantitative estimate of drug-likeness (QED) is 0.200. The lowest BCUT2D eigenvalue weighted by molar-refractivity contribution is -0.136. The number of nitriles is 2. The van der Waals surface area contributed by atoms with Crippen LogP contribution in [0.25, 0.3) is 12.2 Å². The second-order valence-corrected chi connectivity index (χ2v) is 7.13. The minimum Gasteiger partial charge on any atom is -0.481 e. The first kappa shape index (κ1) is 36.3. The van der Waals surface area contributed by atoms with Gasteiger partial charge in [0.1, 0.15) is 16.6 Å². The van der Waals surface area contributed by atoms with Crippen molar-refractivity contribution in [1.82, 2.24) is 0 Å². The van der Waals surface area contributed by atoms with Crippen LogP contribution in [-0.4, -0.2) is 22.8 Å². The summed E-state index contributed by atoms with van der Waals surface area (Å²) in [6, 6.07) is 13.2. The summed E-state index contributed by atoms with van der Waals surface area (Å²) in [5, 5.41) is 34.3. The van der Waals surface area contributed by atoms with Gasteiger partial charge in [0.05, 0.1) is 23.6 Å². The van der Waals surface area contributed by atoms with Crippen LogP contribution < -0.4 is 4.74 Å². The first-order chi connectivity index (χ1) is 18.2. The Morgan fingerprint density at radius 3 is 2.11 bits per heavy atom. The number of aliphatic hydroxyl groups is 1. The summed E-state index contributed by atoms with van der Waals surface area (Å²) in [6.45, 7) is 7.68. The smallest absolute Gasteiger partial charge is 0.307 e. The van der Waals surface area contributed by atoms with E-state index in [9.17, 15) is 9.18 Å². The van der Waals surface area contributed by atoms with Crippen LogP contribution in [0.4, 0.5) is 4.39 Å². The number of aliphatic carboxylic acids is 1. The van der Waals surface area contributed by atoms with E-state index in [1.165, 1.54) is 48.6 Å². The monoisotopic (exact) mass is 560 g/mol. The first-order valence-electron chi connectivity index (χ1n) is 11.4. The molecule has 0 amide bonds. The molecule has 0 aliphatic heterocycles. The van der Waals surface area contributed by atoms with E-state index in [4.69, 9.17) is 48.7 Å². The fraction of sp³-hybridized carbons (Fsp3) is 0.207. The number of halogens is 3. The molecule has 202 valence electrons. The first-order valence-corrected chi connectivity index (χ1v) is 12.2. The molecular weight excluding hydrogens is 530 g/mol. The van der Waals surface area contributed by atoms with E-state index in [0.717, 1.165) is 0 Å². The molecule has 6 nitrogen and oxygen atoms in total. The van der Waals surface area contributed by atoms with E-state index < -0.39 is 5.97 Å². The number of benzene rings is 2. The highest BCUT2D eigenvalue weighted by Crippen LogP contribution is 2.40. The third kappa shape index (κ3) is 16.0. The van der Waals surface area contributed by atoms with Crippen molar-refractivity contribution in [2.45, 2.75) is 34.1 Å². The Bertz CT molecular complexity index is 1180. The minimum absolute atomic E-state index is 0.101. The number of aliphatic hydroxyl groups excluding tert-OH is 1. The average molecular weight is 561 g/mol. The van der Waals surface area contributed by atoms with E-state index in [1.54, 1.807) is 44.2 Å².